The third-order valence-electron chi connectivity index (χ3n) is 2.60. The molecular formula is C12H9N5OS. The van der Waals surface area contributed by atoms with Crippen LogP contribution in [0.3, 0.4) is 0 Å². The van der Waals surface area contributed by atoms with Gasteiger partial charge in [-0.1, -0.05) is 18.3 Å². The van der Waals surface area contributed by atoms with E-state index in [4.69, 9.17) is 12.2 Å². The maximum Gasteiger partial charge on any atom is 0.261 e. The van der Waals surface area contributed by atoms with Crippen molar-refractivity contribution in [2.45, 2.75) is 0 Å². The van der Waals surface area contributed by atoms with Crippen LogP contribution >= 0.6 is 12.2 Å². The van der Waals surface area contributed by atoms with E-state index in [0.29, 0.717) is 21.8 Å². The van der Waals surface area contributed by atoms with Crippen molar-refractivity contribution in [1.29, 1.82) is 0 Å². The first-order chi connectivity index (χ1) is 9.25. The largest absolute Gasteiger partial charge is 0.352 e. The zero-order chi connectivity index (χ0) is 13.2. The molecular weight excluding hydrogens is 262 g/mol. The number of carbonyl (C=O) groups is 1. The summed E-state index contributed by atoms with van der Waals surface area (Å²) in [5, 5.41) is 10.6. The lowest BCUT2D eigenvalue weighted by Crippen LogP contribution is -2.15. The summed E-state index contributed by atoms with van der Waals surface area (Å²) < 4.78 is 2.07. The third kappa shape index (κ3) is 2.11. The van der Waals surface area contributed by atoms with Gasteiger partial charge in [-0.05, 0) is 24.3 Å². The number of aromatic nitrogens is 4. The number of nitrogens with zero attached hydrogens (tertiary/aromatic N) is 3. The molecule has 1 amide bonds. The van der Waals surface area contributed by atoms with Crippen molar-refractivity contribution in [3.8, 4) is 0 Å². The van der Waals surface area contributed by atoms with Crippen molar-refractivity contribution in [1.82, 2.24) is 19.6 Å². The number of hydrogen-bond acceptors (Lipinski definition) is 4. The highest BCUT2D eigenvalue weighted by atomic mass is 32.1. The van der Waals surface area contributed by atoms with Crippen LogP contribution < -0.4 is 5.32 Å². The maximum absolute atomic E-state index is 12.1. The van der Waals surface area contributed by atoms with Gasteiger partial charge in [0, 0.05) is 12.4 Å². The first-order valence-corrected chi connectivity index (χ1v) is 5.95. The lowest BCUT2D eigenvalue weighted by Gasteiger charge is -2.03. The number of pyridine rings is 2. The molecule has 19 heavy (non-hydrogen) atoms. The Balaban J connectivity index is 1.96. The van der Waals surface area contributed by atoms with Crippen molar-refractivity contribution in [3.05, 3.63) is 52.9 Å². The Morgan fingerprint density at radius 1 is 1.26 bits per heavy atom. The summed E-state index contributed by atoms with van der Waals surface area (Å²) in [6.45, 7) is 0. The van der Waals surface area contributed by atoms with E-state index in [2.05, 4.69) is 20.5 Å². The Morgan fingerprint density at radius 3 is 3.00 bits per heavy atom. The van der Waals surface area contributed by atoms with E-state index in [1.807, 2.05) is 12.1 Å². The SMILES string of the molecule is O=C(Nc1nnc2ccccn12)c1ccc[nH]c1=S. The number of H-pyrrole nitrogens is 1. The predicted octanol–water partition coefficient (Wildman–Crippen LogP) is 2.04. The van der Waals surface area contributed by atoms with E-state index in [1.165, 1.54) is 0 Å². The van der Waals surface area contributed by atoms with Gasteiger partial charge in [-0.15, -0.1) is 10.2 Å². The summed E-state index contributed by atoms with van der Waals surface area (Å²) in [7, 11) is 0. The van der Waals surface area contributed by atoms with Crippen LogP contribution in [0.15, 0.2) is 42.7 Å². The Hall–Kier alpha value is -2.54. The van der Waals surface area contributed by atoms with Crippen molar-refractivity contribution in [2.75, 3.05) is 5.32 Å². The van der Waals surface area contributed by atoms with E-state index < -0.39 is 0 Å². The van der Waals surface area contributed by atoms with E-state index in [0.717, 1.165) is 0 Å². The summed E-state index contributed by atoms with van der Waals surface area (Å²) in [6, 6.07) is 8.85. The molecule has 3 aromatic heterocycles. The van der Waals surface area contributed by atoms with E-state index in [1.54, 1.807) is 35.0 Å². The van der Waals surface area contributed by atoms with Gasteiger partial charge < -0.3 is 4.98 Å². The fourth-order valence-corrected chi connectivity index (χ4v) is 1.92. The molecule has 0 aromatic carbocycles. The summed E-state index contributed by atoms with van der Waals surface area (Å²) in [6.07, 6.45) is 3.45. The standard InChI is InChI=1S/C12H9N5OS/c18-10(8-4-3-6-13-11(8)19)14-12-16-15-9-5-1-2-7-17(9)12/h1-7H,(H,13,19)(H,14,16,18). The van der Waals surface area contributed by atoms with E-state index in [9.17, 15) is 4.79 Å². The van der Waals surface area contributed by atoms with Gasteiger partial charge in [-0.3, -0.25) is 14.5 Å². The van der Waals surface area contributed by atoms with Gasteiger partial charge in [-0.25, -0.2) is 0 Å². The highest BCUT2D eigenvalue weighted by molar-refractivity contribution is 7.71. The highest BCUT2D eigenvalue weighted by Crippen LogP contribution is 2.09. The van der Waals surface area contributed by atoms with Gasteiger partial charge in [0.15, 0.2) is 5.65 Å². The number of nitrogens with one attached hydrogen (secondary N) is 2. The number of rotatable bonds is 2. The van der Waals surface area contributed by atoms with E-state index >= 15 is 0 Å². The molecule has 0 fully saturated rings. The molecule has 0 aliphatic carbocycles. The first-order valence-electron chi connectivity index (χ1n) is 5.54. The number of amides is 1. The zero-order valence-electron chi connectivity index (χ0n) is 9.70. The second kappa shape index (κ2) is 4.62. The Bertz CT molecular complexity index is 807. The van der Waals surface area contributed by atoms with Crippen LogP contribution in [0.1, 0.15) is 10.4 Å². The molecule has 0 aliphatic heterocycles. The number of aromatic amines is 1. The fourth-order valence-electron chi connectivity index (χ4n) is 1.70. The van der Waals surface area contributed by atoms with Crippen LogP contribution in [0.4, 0.5) is 5.95 Å². The molecule has 3 rings (SSSR count). The minimum atomic E-state index is -0.319. The number of anilines is 1. The molecule has 94 valence electrons. The molecule has 0 saturated heterocycles. The topological polar surface area (TPSA) is 75.1 Å². The van der Waals surface area contributed by atoms with E-state index in [-0.39, 0.29) is 5.91 Å². The smallest absolute Gasteiger partial charge is 0.261 e. The Labute approximate surface area is 113 Å². The van der Waals surface area contributed by atoms with Gasteiger partial charge in [0.05, 0.1) is 5.56 Å². The normalized spacial score (nSPS) is 10.5. The van der Waals surface area contributed by atoms with Crippen molar-refractivity contribution in [3.63, 3.8) is 0 Å². The predicted molar refractivity (Wildman–Crippen MR) is 72.6 cm³/mol. The second-order valence-electron chi connectivity index (χ2n) is 3.82. The molecule has 0 atom stereocenters. The quantitative estimate of drug-likeness (QED) is 0.699. The van der Waals surface area contributed by atoms with Crippen LogP contribution in [-0.2, 0) is 0 Å². The summed E-state index contributed by atoms with van der Waals surface area (Å²) >= 11 is 5.06. The molecule has 6 nitrogen and oxygen atoms in total. The Kier molecular flexibility index (Phi) is 2.81. The van der Waals surface area contributed by atoms with Gasteiger partial charge in [-0.2, -0.15) is 0 Å². The van der Waals surface area contributed by atoms with Crippen molar-refractivity contribution >= 4 is 29.7 Å². The lowest BCUT2D eigenvalue weighted by molar-refractivity contribution is 0.102. The zero-order valence-corrected chi connectivity index (χ0v) is 10.5. The van der Waals surface area contributed by atoms with Crippen LogP contribution in [0, 0.1) is 4.64 Å². The number of fused-ring (bicyclic) bond motifs is 1. The van der Waals surface area contributed by atoms with Crippen molar-refractivity contribution < 1.29 is 4.79 Å². The average molecular weight is 271 g/mol. The number of hydrogen-bond donors (Lipinski definition) is 2. The monoisotopic (exact) mass is 271 g/mol. The molecule has 0 spiro atoms. The average Bonchev–Trinajstić information content (AvgIpc) is 2.83. The van der Waals surface area contributed by atoms with Gasteiger partial charge in [0.2, 0.25) is 5.95 Å². The summed E-state index contributed by atoms with van der Waals surface area (Å²) in [4.78, 5) is 14.9. The first kappa shape index (κ1) is 11.5. The minimum Gasteiger partial charge on any atom is -0.352 e. The molecule has 0 bridgehead atoms. The summed E-state index contributed by atoms with van der Waals surface area (Å²) in [5.74, 6) is 0.0406. The van der Waals surface area contributed by atoms with Crippen LogP contribution in [0.5, 0.6) is 0 Å². The maximum atomic E-state index is 12.1. The van der Waals surface area contributed by atoms with Crippen LogP contribution in [-0.4, -0.2) is 25.5 Å². The highest BCUT2D eigenvalue weighted by Gasteiger charge is 2.11. The lowest BCUT2D eigenvalue weighted by atomic mass is 10.3. The molecule has 3 heterocycles. The second-order valence-corrected chi connectivity index (χ2v) is 4.23. The van der Waals surface area contributed by atoms with Crippen LogP contribution in [0.25, 0.3) is 5.65 Å². The number of carbonyl (C=O) groups excluding carboxylic acids is 1. The Morgan fingerprint density at radius 2 is 2.16 bits per heavy atom. The van der Waals surface area contributed by atoms with Crippen molar-refractivity contribution in [2.24, 2.45) is 0 Å². The third-order valence-corrected chi connectivity index (χ3v) is 2.94. The summed E-state index contributed by atoms with van der Waals surface area (Å²) in [5.41, 5.74) is 1.06. The fraction of sp³-hybridized carbons (Fsp3) is 0. The van der Waals surface area contributed by atoms with Gasteiger partial charge in [0.1, 0.15) is 4.64 Å². The molecule has 7 heteroatoms. The molecule has 0 unspecified atom stereocenters. The molecule has 0 radical (unpaired) electrons. The van der Waals surface area contributed by atoms with Gasteiger partial charge in [0.25, 0.3) is 5.91 Å². The molecule has 0 aliphatic rings. The molecule has 0 saturated carbocycles. The molecule has 2 N–H and O–H groups in total. The minimum absolute atomic E-state index is 0.319. The van der Waals surface area contributed by atoms with Gasteiger partial charge >= 0.3 is 0 Å². The van der Waals surface area contributed by atoms with Crippen LogP contribution in [0.2, 0.25) is 0 Å². The molecule has 3 aromatic rings.